The molecule has 0 bridgehead atoms. The minimum absolute atomic E-state index is 0.0366. The van der Waals surface area contributed by atoms with Crippen LogP contribution in [-0.2, 0) is 10.2 Å². The van der Waals surface area contributed by atoms with E-state index in [1.54, 1.807) is 14.2 Å². The Morgan fingerprint density at radius 1 is 1.14 bits per heavy atom. The average Bonchev–Trinajstić information content (AvgIpc) is 2.46. The summed E-state index contributed by atoms with van der Waals surface area (Å²) in [6.07, 6.45) is 0. The third kappa shape index (κ3) is 4.59. The van der Waals surface area contributed by atoms with Crippen molar-refractivity contribution in [1.29, 1.82) is 0 Å². The van der Waals surface area contributed by atoms with Gasteiger partial charge in [0.1, 0.15) is 0 Å². The summed E-state index contributed by atoms with van der Waals surface area (Å²) in [5.74, 6) is 1.60. The fourth-order valence-electron chi connectivity index (χ4n) is 2.15. The summed E-state index contributed by atoms with van der Waals surface area (Å²) in [5, 5.41) is 0. The second-order valence-electron chi connectivity index (χ2n) is 5.60. The van der Waals surface area contributed by atoms with Crippen LogP contribution >= 0.6 is 0 Å². The molecule has 0 heterocycles. The van der Waals surface area contributed by atoms with Crippen LogP contribution in [0.5, 0.6) is 11.5 Å². The zero-order valence-corrected chi connectivity index (χ0v) is 14.9. The molecule has 0 aliphatic heterocycles. The van der Waals surface area contributed by atoms with Crippen molar-refractivity contribution in [3.05, 3.63) is 23.8 Å². The van der Waals surface area contributed by atoms with E-state index in [4.69, 9.17) is 9.47 Å². The first-order valence-corrected chi connectivity index (χ1v) is 8.56. The molecule has 22 heavy (non-hydrogen) atoms. The fourth-order valence-corrected chi connectivity index (χ4v) is 2.79. The molecule has 1 atom stereocenters. The molecule has 0 amide bonds. The first-order chi connectivity index (χ1) is 10.2. The average molecular weight is 330 g/mol. The van der Waals surface area contributed by atoms with Crippen LogP contribution < -0.4 is 14.2 Å². The van der Waals surface area contributed by atoms with Gasteiger partial charge in [-0.2, -0.15) is 12.7 Å². The predicted molar refractivity (Wildman–Crippen MR) is 87.7 cm³/mol. The Morgan fingerprint density at radius 3 is 2.18 bits per heavy atom. The first-order valence-electron chi connectivity index (χ1n) is 7.12. The van der Waals surface area contributed by atoms with Gasteiger partial charge in [-0.3, -0.25) is 0 Å². The molecule has 126 valence electrons. The lowest BCUT2D eigenvalue weighted by Gasteiger charge is -2.24. The van der Waals surface area contributed by atoms with Gasteiger partial charge < -0.3 is 9.47 Å². The maximum Gasteiger partial charge on any atom is 0.278 e. The Hall–Kier alpha value is -1.31. The molecule has 1 N–H and O–H groups in total. The molecule has 1 aromatic carbocycles. The van der Waals surface area contributed by atoms with Crippen LogP contribution in [0.15, 0.2) is 18.2 Å². The van der Waals surface area contributed by atoms with Crippen molar-refractivity contribution in [3.63, 3.8) is 0 Å². The maximum atomic E-state index is 11.9. The predicted octanol–water partition coefficient (Wildman–Crippen LogP) is 1.84. The highest BCUT2D eigenvalue weighted by Crippen LogP contribution is 2.33. The van der Waals surface area contributed by atoms with E-state index in [0.29, 0.717) is 18.0 Å². The number of hydrogen-bond donors (Lipinski definition) is 1. The quantitative estimate of drug-likeness (QED) is 0.790. The van der Waals surface area contributed by atoms with Crippen molar-refractivity contribution in [3.8, 4) is 11.5 Å². The Labute approximate surface area is 133 Å². The highest BCUT2D eigenvalue weighted by Gasteiger charge is 2.21. The third-order valence-electron chi connectivity index (χ3n) is 3.61. The van der Waals surface area contributed by atoms with Gasteiger partial charge in [-0.05, 0) is 29.5 Å². The smallest absolute Gasteiger partial charge is 0.278 e. The number of hydrogen-bond acceptors (Lipinski definition) is 4. The van der Waals surface area contributed by atoms with Crippen LogP contribution in [-0.4, -0.2) is 47.6 Å². The largest absolute Gasteiger partial charge is 0.493 e. The van der Waals surface area contributed by atoms with Gasteiger partial charge in [0.15, 0.2) is 11.5 Å². The van der Waals surface area contributed by atoms with Gasteiger partial charge >= 0.3 is 0 Å². The Balaban J connectivity index is 3.02. The summed E-state index contributed by atoms with van der Waals surface area (Å²) in [7, 11) is 2.74. The van der Waals surface area contributed by atoms with Gasteiger partial charge in [0, 0.05) is 20.6 Å². The monoisotopic (exact) mass is 330 g/mol. The number of benzene rings is 1. The number of nitrogens with one attached hydrogen (secondary N) is 1. The highest BCUT2D eigenvalue weighted by atomic mass is 32.2. The number of nitrogens with zero attached hydrogens (tertiary/aromatic N) is 1. The summed E-state index contributed by atoms with van der Waals surface area (Å²) in [6, 6.07) is 5.67. The van der Waals surface area contributed by atoms with E-state index in [1.807, 2.05) is 18.2 Å². The van der Waals surface area contributed by atoms with Gasteiger partial charge in [-0.1, -0.05) is 19.9 Å². The Kier molecular flexibility index (Phi) is 6.65. The van der Waals surface area contributed by atoms with Gasteiger partial charge in [0.25, 0.3) is 10.2 Å². The lowest BCUT2D eigenvalue weighted by molar-refractivity contribution is 0.353. The van der Waals surface area contributed by atoms with Gasteiger partial charge in [0.05, 0.1) is 14.2 Å². The SMILES string of the molecule is COc1ccc(C(CNS(=O)(=O)N(C)C)C(C)C)cc1OC. The highest BCUT2D eigenvalue weighted by molar-refractivity contribution is 7.87. The van der Waals surface area contributed by atoms with Crippen molar-refractivity contribution in [2.45, 2.75) is 19.8 Å². The first kappa shape index (κ1) is 18.7. The van der Waals surface area contributed by atoms with Gasteiger partial charge in [-0.15, -0.1) is 0 Å². The molecular formula is C15H26N2O4S. The van der Waals surface area contributed by atoms with Crippen LogP contribution in [0.25, 0.3) is 0 Å². The molecule has 0 saturated carbocycles. The van der Waals surface area contributed by atoms with Crippen LogP contribution in [0.1, 0.15) is 25.3 Å². The standard InChI is InChI=1S/C15H26N2O4S/c1-11(2)13(10-16-22(18,19)17(3)4)12-7-8-14(20-5)15(9-12)21-6/h7-9,11,13,16H,10H2,1-6H3. The van der Waals surface area contributed by atoms with E-state index in [2.05, 4.69) is 18.6 Å². The molecule has 0 radical (unpaired) electrons. The minimum Gasteiger partial charge on any atom is -0.493 e. The zero-order chi connectivity index (χ0) is 16.9. The van der Waals surface area contributed by atoms with E-state index in [-0.39, 0.29) is 11.8 Å². The molecule has 7 heteroatoms. The van der Waals surface area contributed by atoms with Gasteiger partial charge in [0.2, 0.25) is 0 Å². The summed E-state index contributed by atoms with van der Waals surface area (Å²) in [5.41, 5.74) is 1.01. The van der Waals surface area contributed by atoms with E-state index in [9.17, 15) is 8.42 Å². The van der Waals surface area contributed by atoms with E-state index < -0.39 is 10.2 Å². The van der Waals surface area contributed by atoms with Crippen molar-refractivity contribution >= 4 is 10.2 Å². The summed E-state index contributed by atoms with van der Waals surface area (Å²) in [6.45, 7) is 4.45. The number of rotatable bonds is 8. The van der Waals surface area contributed by atoms with Crippen LogP contribution in [0.4, 0.5) is 0 Å². The van der Waals surface area contributed by atoms with Crippen LogP contribution in [0.3, 0.4) is 0 Å². The van der Waals surface area contributed by atoms with E-state index in [1.165, 1.54) is 18.4 Å². The molecule has 0 aliphatic rings. The zero-order valence-electron chi connectivity index (χ0n) is 14.1. The maximum absolute atomic E-state index is 11.9. The number of methoxy groups -OCH3 is 2. The van der Waals surface area contributed by atoms with Crippen LogP contribution in [0.2, 0.25) is 0 Å². The molecule has 1 rings (SSSR count). The molecular weight excluding hydrogens is 304 g/mol. The topological polar surface area (TPSA) is 67.9 Å². The van der Waals surface area contributed by atoms with Crippen molar-refractivity contribution < 1.29 is 17.9 Å². The molecule has 0 aliphatic carbocycles. The molecule has 0 spiro atoms. The normalized spacial score (nSPS) is 13.5. The molecule has 0 fully saturated rings. The second kappa shape index (κ2) is 7.80. The Morgan fingerprint density at radius 2 is 1.73 bits per heavy atom. The summed E-state index contributed by atoms with van der Waals surface area (Å²) >= 11 is 0. The van der Waals surface area contributed by atoms with Crippen molar-refractivity contribution in [2.24, 2.45) is 5.92 Å². The molecule has 0 aromatic heterocycles. The molecule has 0 saturated heterocycles. The van der Waals surface area contributed by atoms with E-state index in [0.717, 1.165) is 5.56 Å². The summed E-state index contributed by atoms with van der Waals surface area (Å²) in [4.78, 5) is 0. The van der Waals surface area contributed by atoms with Gasteiger partial charge in [-0.25, -0.2) is 4.72 Å². The van der Waals surface area contributed by atoms with E-state index >= 15 is 0 Å². The summed E-state index contributed by atoms with van der Waals surface area (Å²) < 4.78 is 38.1. The molecule has 1 aromatic rings. The fraction of sp³-hybridized carbons (Fsp3) is 0.600. The van der Waals surface area contributed by atoms with Crippen molar-refractivity contribution in [1.82, 2.24) is 9.03 Å². The molecule has 6 nitrogen and oxygen atoms in total. The lowest BCUT2D eigenvalue weighted by Crippen LogP contribution is -2.38. The number of ether oxygens (including phenoxy) is 2. The second-order valence-corrected chi connectivity index (χ2v) is 7.57. The third-order valence-corrected chi connectivity index (χ3v) is 5.10. The van der Waals surface area contributed by atoms with Crippen LogP contribution in [0, 0.1) is 5.92 Å². The van der Waals surface area contributed by atoms with Crippen molar-refractivity contribution in [2.75, 3.05) is 34.9 Å². The minimum atomic E-state index is -3.44. The lowest BCUT2D eigenvalue weighted by atomic mass is 9.88. The Bertz CT molecular complexity index is 585. The molecule has 1 unspecified atom stereocenters.